The lowest BCUT2D eigenvalue weighted by atomic mass is 9.99. The SMILES string of the molecule is C=CCOc1cc(C(=O)OC)cc(C(=O)OC)c1CC=C. The molecule has 0 amide bonds. The summed E-state index contributed by atoms with van der Waals surface area (Å²) >= 11 is 0. The number of hydrogen-bond acceptors (Lipinski definition) is 5. The van der Waals surface area contributed by atoms with Crippen LogP contribution >= 0.6 is 0 Å². The summed E-state index contributed by atoms with van der Waals surface area (Å²) in [5, 5.41) is 0. The number of hydrogen-bond donors (Lipinski definition) is 0. The minimum absolute atomic E-state index is 0.213. The Hall–Kier alpha value is -2.56. The van der Waals surface area contributed by atoms with Crippen molar-refractivity contribution in [1.82, 2.24) is 0 Å². The fourth-order valence-corrected chi connectivity index (χ4v) is 1.81. The molecule has 1 rings (SSSR count). The predicted octanol–water partition coefficient (Wildman–Crippen LogP) is 2.55. The van der Waals surface area contributed by atoms with E-state index in [1.165, 1.54) is 26.4 Å². The molecule has 5 heteroatoms. The molecule has 21 heavy (non-hydrogen) atoms. The van der Waals surface area contributed by atoms with E-state index in [4.69, 9.17) is 9.47 Å². The third-order valence-electron chi connectivity index (χ3n) is 2.74. The van der Waals surface area contributed by atoms with Gasteiger partial charge in [0.1, 0.15) is 12.4 Å². The molecule has 0 aliphatic carbocycles. The summed E-state index contributed by atoms with van der Waals surface area (Å²) < 4.78 is 15.0. The zero-order valence-electron chi connectivity index (χ0n) is 12.2. The second kappa shape index (κ2) is 7.89. The van der Waals surface area contributed by atoms with Gasteiger partial charge < -0.3 is 14.2 Å². The first kappa shape index (κ1) is 16.5. The van der Waals surface area contributed by atoms with Crippen LogP contribution in [0.25, 0.3) is 0 Å². The molecule has 1 aromatic rings. The average molecular weight is 290 g/mol. The molecule has 0 saturated heterocycles. The standard InChI is InChI=1S/C16H18O5/c1-5-7-12-13(16(18)20-4)9-11(15(17)19-3)10-14(12)21-8-6-2/h5-6,9-10H,1-2,7-8H2,3-4H3. The number of ether oxygens (including phenoxy) is 3. The van der Waals surface area contributed by atoms with E-state index in [0.717, 1.165) is 0 Å². The molecule has 0 heterocycles. The van der Waals surface area contributed by atoms with E-state index < -0.39 is 11.9 Å². The molecular formula is C16H18O5. The lowest BCUT2D eigenvalue weighted by Gasteiger charge is -2.14. The van der Waals surface area contributed by atoms with Crippen molar-refractivity contribution >= 4 is 11.9 Å². The van der Waals surface area contributed by atoms with E-state index in [1.54, 1.807) is 12.2 Å². The van der Waals surface area contributed by atoms with Crippen LogP contribution in [0.4, 0.5) is 0 Å². The number of carbonyl (C=O) groups is 2. The van der Waals surface area contributed by atoms with Crippen LogP contribution in [-0.2, 0) is 15.9 Å². The smallest absolute Gasteiger partial charge is 0.338 e. The molecule has 0 aromatic heterocycles. The summed E-state index contributed by atoms with van der Waals surface area (Å²) in [7, 11) is 2.54. The first-order valence-electron chi connectivity index (χ1n) is 6.27. The van der Waals surface area contributed by atoms with E-state index in [1.807, 2.05) is 0 Å². The molecule has 0 radical (unpaired) electrons. The molecule has 0 saturated carbocycles. The van der Waals surface area contributed by atoms with Gasteiger partial charge in [-0.2, -0.15) is 0 Å². The van der Waals surface area contributed by atoms with Gasteiger partial charge in [-0.3, -0.25) is 0 Å². The van der Waals surface area contributed by atoms with Gasteiger partial charge in [-0.15, -0.1) is 6.58 Å². The van der Waals surface area contributed by atoms with Gasteiger partial charge in [0, 0.05) is 5.56 Å². The first-order valence-corrected chi connectivity index (χ1v) is 6.27. The maximum absolute atomic E-state index is 11.9. The van der Waals surface area contributed by atoms with Crippen LogP contribution in [0.1, 0.15) is 26.3 Å². The number of methoxy groups -OCH3 is 2. The van der Waals surface area contributed by atoms with Gasteiger partial charge in [0.25, 0.3) is 0 Å². The van der Waals surface area contributed by atoms with Crippen molar-refractivity contribution in [2.75, 3.05) is 20.8 Å². The van der Waals surface area contributed by atoms with Crippen molar-refractivity contribution in [2.45, 2.75) is 6.42 Å². The molecular weight excluding hydrogens is 272 g/mol. The van der Waals surface area contributed by atoms with Gasteiger partial charge in [-0.1, -0.05) is 18.7 Å². The van der Waals surface area contributed by atoms with Gasteiger partial charge in [0.2, 0.25) is 0 Å². The Morgan fingerprint density at radius 2 is 1.76 bits per heavy atom. The normalized spacial score (nSPS) is 9.62. The molecule has 0 spiro atoms. The van der Waals surface area contributed by atoms with Crippen molar-refractivity contribution < 1.29 is 23.8 Å². The zero-order valence-corrected chi connectivity index (χ0v) is 12.2. The summed E-state index contributed by atoms with van der Waals surface area (Å²) in [4.78, 5) is 23.6. The monoisotopic (exact) mass is 290 g/mol. The zero-order chi connectivity index (χ0) is 15.8. The molecule has 0 bridgehead atoms. The van der Waals surface area contributed by atoms with Gasteiger partial charge in [-0.25, -0.2) is 9.59 Å². The fraction of sp³-hybridized carbons (Fsp3) is 0.250. The molecule has 0 aliphatic rings. The lowest BCUT2D eigenvalue weighted by molar-refractivity contribution is 0.0597. The van der Waals surface area contributed by atoms with Crippen LogP contribution in [0.2, 0.25) is 0 Å². The Balaban J connectivity index is 3.47. The van der Waals surface area contributed by atoms with Crippen LogP contribution in [0, 0.1) is 0 Å². The Morgan fingerprint density at radius 1 is 1.10 bits per heavy atom. The first-order chi connectivity index (χ1) is 10.1. The Bertz CT molecular complexity index is 560. The molecule has 0 N–H and O–H groups in total. The topological polar surface area (TPSA) is 61.8 Å². The summed E-state index contributed by atoms with van der Waals surface area (Å²) in [6, 6.07) is 2.96. The average Bonchev–Trinajstić information content (AvgIpc) is 2.52. The molecule has 0 atom stereocenters. The molecule has 0 fully saturated rings. The minimum Gasteiger partial charge on any atom is -0.489 e. The number of esters is 2. The number of carbonyl (C=O) groups excluding carboxylic acids is 2. The van der Waals surface area contributed by atoms with Crippen molar-refractivity contribution in [3.8, 4) is 5.75 Å². The van der Waals surface area contributed by atoms with E-state index in [2.05, 4.69) is 17.9 Å². The number of allylic oxidation sites excluding steroid dienone is 1. The van der Waals surface area contributed by atoms with Gasteiger partial charge >= 0.3 is 11.9 Å². The Morgan fingerprint density at radius 3 is 2.29 bits per heavy atom. The van der Waals surface area contributed by atoms with Gasteiger partial charge in [0.15, 0.2) is 0 Å². The maximum Gasteiger partial charge on any atom is 0.338 e. The van der Waals surface area contributed by atoms with Crippen LogP contribution in [0.5, 0.6) is 5.75 Å². The summed E-state index contributed by atoms with van der Waals surface area (Å²) in [6.45, 7) is 7.47. The van der Waals surface area contributed by atoms with E-state index in [9.17, 15) is 9.59 Å². The highest BCUT2D eigenvalue weighted by Gasteiger charge is 2.20. The third-order valence-corrected chi connectivity index (χ3v) is 2.74. The minimum atomic E-state index is -0.561. The van der Waals surface area contributed by atoms with Gasteiger partial charge in [0.05, 0.1) is 25.3 Å². The Labute approximate surface area is 123 Å². The summed E-state index contributed by atoms with van der Waals surface area (Å²) in [5.41, 5.74) is 1.07. The van der Waals surface area contributed by atoms with Crippen molar-refractivity contribution in [3.63, 3.8) is 0 Å². The quantitative estimate of drug-likeness (QED) is 0.570. The van der Waals surface area contributed by atoms with Crippen LogP contribution in [-0.4, -0.2) is 32.8 Å². The lowest BCUT2D eigenvalue weighted by Crippen LogP contribution is -2.12. The largest absolute Gasteiger partial charge is 0.489 e. The van der Waals surface area contributed by atoms with Crippen LogP contribution in [0.15, 0.2) is 37.4 Å². The summed E-state index contributed by atoms with van der Waals surface area (Å²) in [5.74, 6) is -0.715. The number of rotatable bonds is 7. The molecule has 5 nitrogen and oxygen atoms in total. The van der Waals surface area contributed by atoms with Gasteiger partial charge in [-0.05, 0) is 18.6 Å². The van der Waals surface area contributed by atoms with Crippen LogP contribution in [0.3, 0.4) is 0 Å². The van der Waals surface area contributed by atoms with E-state index >= 15 is 0 Å². The third kappa shape index (κ3) is 3.95. The van der Waals surface area contributed by atoms with Crippen LogP contribution < -0.4 is 4.74 Å². The Kier molecular flexibility index (Phi) is 6.20. The van der Waals surface area contributed by atoms with Crippen molar-refractivity contribution in [1.29, 1.82) is 0 Å². The fourth-order valence-electron chi connectivity index (χ4n) is 1.81. The van der Waals surface area contributed by atoms with Crippen molar-refractivity contribution in [3.05, 3.63) is 54.1 Å². The molecule has 0 aliphatic heterocycles. The highest BCUT2D eigenvalue weighted by Crippen LogP contribution is 2.27. The number of benzene rings is 1. The van der Waals surface area contributed by atoms with E-state index in [0.29, 0.717) is 17.7 Å². The van der Waals surface area contributed by atoms with E-state index in [-0.39, 0.29) is 17.7 Å². The molecule has 112 valence electrons. The second-order valence-electron chi connectivity index (χ2n) is 4.08. The maximum atomic E-state index is 11.9. The predicted molar refractivity (Wildman–Crippen MR) is 78.7 cm³/mol. The molecule has 0 unspecified atom stereocenters. The summed E-state index contributed by atoms with van der Waals surface area (Å²) in [6.07, 6.45) is 3.61. The highest BCUT2D eigenvalue weighted by molar-refractivity contribution is 5.97. The molecule has 1 aromatic carbocycles. The highest BCUT2D eigenvalue weighted by atomic mass is 16.5. The van der Waals surface area contributed by atoms with Crippen molar-refractivity contribution in [2.24, 2.45) is 0 Å². The second-order valence-corrected chi connectivity index (χ2v) is 4.08.